The molecule has 0 bridgehead atoms. The van der Waals surface area contributed by atoms with E-state index in [0.29, 0.717) is 18.2 Å². The Balaban J connectivity index is 1.62. The molecule has 178 valence electrons. The number of rotatable bonds is 4. The molecule has 1 aliphatic rings. The van der Waals surface area contributed by atoms with Crippen molar-refractivity contribution in [2.45, 2.75) is 40.2 Å². The second kappa shape index (κ2) is 9.97. The van der Waals surface area contributed by atoms with E-state index in [0.717, 1.165) is 34.8 Å². The molecule has 1 amide bonds. The van der Waals surface area contributed by atoms with Gasteiger partial charge in [-0.2, -0.15) is 0 Å². The van der Waals surface area contributed by atoms with E-state index in [1.165, 1.54) is 11.1 Å². The SMILES string of the molecule is Cc1cc(Cl)ccc1N1CCN(C(=O)C(C)(C)C)C[C@H]1c1ccc(Cc2ccc(Cl)nc2)cc1. The summed E-state index contributed by atoms with van der Waals surface area (Å²) in [5.74, 6) is 0.192. The highest BCUT2D eigenvalue weighted by molar-refractivity contribution is 6.30. The molecule has 1 fully saturated rings. The smallest absolute Gasteiger partial charge is 0.228 e. The maximum atomic E-state index is 13.1. The average molecular weight is 496 g/mol. The van der Waals surface area contributed by atoms with Gasteiger partial charge in [0.05, 0.1) is 6.04 Å². The molecule has 0 aliphatic carbocycles. The first-order valence-electron chi connectivity index (χ1n) is 11.6. The lowest BCUT2D eigenvalue weighted by molar-refractivity contribution is -0.140. The van der Waals surface area contributed by atoms with Gasteiger partial charge in [0.25, 0.3) is 0 Å². The van der Waals surface area contributed by atoms with E-state index in [-0.39, 0.29) is 11.9 Å². The van der Waals surface area contributed by atoms with Gasteiger partial charge in [0.2, 0.25) is 5.91 Å². The molecule has 1 aliphatic heterocycles. The lowest BCUT2D eigenvalue weighted by Crippen LogP contribution is -2.53. The number of amides is 1. The van der Waals surface area contributed by atoms with Crippen LogP contribution in [0.15, 0.2) is 60.8 Å². The fraction of sp³-hybridized carbons (Fsp3) is 0.357. The molecule has 2 aromatic carbocycles. The molecule has 1 aromatic heterocycles. The average Bonchev–Trinajstić information content (AvgIpc) is 2.80. The standard InChI is InChI=1S/C28H31Cl2N3O/c1-19-15-23(29)10-11-24(19)33-14-13-32(27(34)28(2,3)4)18-25(33)22-8-5-20(6-9-22)16-21-7-12-26(30)31-17-21/h5-12,15,17,25H,13-14,16,18H2,1-4H3/t25-/m0/s1. The molecule has 34 heavy (non-hydrogen) atoms. The third-order valence-electron chi connectivity index (χ3n) is 6.34. The Kier molecular flexibility index (Phi) is 7.20. The zero-order valence-corrected chi connectivity index (χ0v) is 21.7. The van der Waals surface area contributed by atoms with Gasteiger partial charge in [0.1, 0.15) is 5.15 Å². The highest BCUT2D eigenvalue weighted by Gasteiger charge is 2.35. The van der Waals surface area contributed by atoms with E-state index in [1.807, 2.05) is 56.1 Å². The van der Waals surface area contributed by atoms with Gasteiger partial charge in [-0.1, -0.05) is 74.3 Å². The predicted octanol–water partition coefficient (Wildman–Crippen LogP) is 6.72. The van der Waals surface area contributed by atoms with Crippen LogP contribution in [-0.2, 0) is 11.2 Å². The van der Waals surface area contributed by atoms with Crippen LogP contribution in [-0.4, -0.2) is 35.4 Å². The highest BCUT2D eigenvalue weighted by Crippen LogP contribution is 2.35. The number of piperazine rings is 1. The number of nitrogens with zero attached hydrogens (tertiary/aromatic N) is 3. The van der Waals surface area contributed by atoms with Crippen LogP contribution in [0.3, 0.4) is 0 Å². The number of aryl methyl sites for hydroxylation is 1. The minimum atomic E-state index is -0.403. The topological polar surface area (TPSA) is 36.4 Å². The molecule has 1 atom stereocenters. The summed E-state index contributed by atoms with van der Waals surface area (Å²) in [6.45, 7) is 10.2. The normalized spacial score (nSPS) is 16.6. The number of hydrogen-bond acceptors (Lipinski definition) is 3. The second-order valence-corrected chi connectivity index (χ2v) is 10.9. The Morgan fingerprint density at radius 2 is 1.71 bits per heavy atom. The minimum Gasteiger partial charge on any atom is -0.361 e. The Morgan fingerprint density at radius 3 is 2.32 bits per heavy atom. The number of anilines is 1. The summed E-state index contributed by atoms with van der Waals surface area (Å²) in [5, 5.41) is 1.24. The predicted molar refractivity (Wildman–Crippen MR) is 141 cm³/mol. The number of hydrogen-bond donors (Lipinski definition) is 0. The Labute approximate surface area is 212 Å². The van der Waals surface area contributed by atoms with Gasteiger partial charge in [0, 0.05) is 42.0 Å². The molecular formula is C28H31Cl2N3O. The number of aromatic nitrogens is 1. The Hall–Kier alpha value is -2.56. The van der Waals surface area contributed by atoms with E-state index in [2.05, 4.69) is 47.1 Å². The van der Waals surface area contributed by atoms with E-state index in [1.54, 1.807) is 0 Å². The molecule has 0 N–H and O–H groups in total. The van der Waals surface area contributed by atoms with Gasteiger partial charge in [-0.05, 0) is 59.9 Å². The van der Waals surface area contributed by atoms with Gasteiger partial charge in [-0.3, -0.25) is 4.79 Å². The van der Waals surface area contributed by atoms with Gasteiger partial charge < -0.3 is 9.80 Å². The molecule has 0 spiro atoms. The summed E-state index contributed by atoms with van der Waals surface area (Å²) in [7, 11) is 0. The van der Waals surface area contributed by atoms with E-state index < -0.39 is 5.41 Å². The molecule has 6 heteroatoms. The van der Waals surface area contributed by atoms with Crippen molar-refractivity contribution in [3.8, 4) is 0 Å². The molecule has 4 rings (SSSR count). The lowest BCUT2D eigenvalue weighted by Gasteiger charge is -2.45. The zero-order chi connectivity index (χ0) is 24.5. The maximum absolute atomic E-state index is 13.1. The van der Waals surface area contributed by atoms with Crippen molar-refractivity contribution in [3.05, 3.63) is 93.2 Å². The fourth-order valence-corrected chi connectivity index (χ4v) is 4.90. The summed E-state index contributed by atoms with van der Waals surface area (Å²) in [6.07, 6.45) is 2.61. The number of carbonyl (C=O) groups is 1. The van der Waals surface area contributed by atoms with Crippen molar-refractivity contribution in [1.29, 1.82) is 0 Å². The van der Waals surface area contributed by atoms with E-state index >= 15 is 0 Å². The first kappa shape index (κ1) is 24.6. The largest absolute Gasteiger partial charge is 0.361 e. The van der Waals surface area contributed by atoms with Crippen LogP contribution in [0, 0.1) is 12.3 Å². The van der Waals surface area contributed by atoms with Crippen LogP contribution in [0.1, 0.15) is 49.1 Å². The summed E-state index contributed by atoms with van der Waals surface area (Å²) in [4.78, 5) is 21.7. The molecule has 1 saturated heterocycles. The molecule has 0 unspecified atom stereocenters. The summed E-state index contributed by atoms with van der Waals surface area (Å²) >= 11 is 12.1. The third kappa shape index (κ3) is 5.56. The summed E-state index contributed by atoms with van der Waals surface area (Å²) < 4.78 is 0. The minimum absolute atomic E-state index is 0.0613. The zero-order valence-electron chi connectivity index (χ0n) is 20.2. The molecule has 3 aromatic rings. The molecular weight excluding hydrogens is 465 g/mol. The second-order valence-electron chi connectivity index (χ2n) is 10.0. The van der Waals surface area contributed by atoms with Gasteiger partial charge in [0.15, 0.2) is 0 Å². The number of benzene rings is 2. The van der Waals surface area contributed by atoms with Crippen LogP contribution in [0.5, 0.6) is 0 Å². The van der Waals surface area contributed by atoms with Gasteiger partial charge in [-0.15, -0.1) is 0 Å². The molecule has 2 heterocycles. The maximum Gasteiger partial charge on any atom is 0.228 e. The molecule has 0 saturated carbocycles. The van der Waals surface area contributed by atoms with Crippen molar-refractivity contribution in [2.24, 2.45) is 5.41 Å². The van der Waals surface area contributed by atoms with Crippen molar-refractivity contribution in [3.63, 3.8) is 0 Å². The molecule has 4 nitrogen and oxygen atoms in total. The van der Waals surface area contributed by atoms with Gasteiger partial charge in [-0.25, -0.2) is 4.98 Å². The lowest BCUT2D eigenvalue weighted by atomic mass is 9.92. The number of pyridine rings is 1. The van der Waals surface area contributed by atoms with Gasteiger partial charge >= 0.3 is 0 Å². The Bertz CT molecular complexity index is 1150. The van der Waals surface area contributed by atoms with Crippen molar-refractivity contribution >= 4 is 34.8 Å². The first-order chi connectivity index (χ1) is 16.1. The van der Waals surface area contributed by atoms with E-state index in [4.69, 9.17) is 23.2 Å². The van der Waals surface area contributed by atoms with E-state index in [9.17, 15) is 4.79 Å². The fourth-order valence-electron chi connectivity index (χ4n) is 4.56. The third-order valence-corrected chi connectivity index (χ3v) is 6.80. The van der Waals surface area contributed by atoms with Crippen LogP contribution in [0.4, 0.5) is 5.69 Å². The highest BCUT2D eigenvalue weighted by atomic mass is 35.5. The first-order valence-corrected chi connectivity index (χ1v) is 12.4. The number of halogens is 2. The summed E-state index contributed by atoms with van der Waals surface area (Å²) in [5.41, 5.74) is 5.42. The van der Waals surface area contributed by atoms with Crippen LogP contribution < -0.4 is 4.90 Å². The van der Waals surface area contributed by atoms with Crippen molar-refractivity contribution in [1.82, 2.24) is 9.88 Å². The Morgan fingerprint density at radius 1 is 1.00 bits per heavy atom. The van der Waals surface area contributed by atoms with Crippen LogP contribution in [0.25, 0.3) is 0 Å². The monoisotopic (exact) mass is 495 g/mol. The number of carbonyl (C=O) groups excluding carboxylic acids is 1. The van der Waals surface area contributed by atoms with Crippen molar-refractivity contribution < 1.29 is 4.79 Å². The summed E-state index contributed by atoms with van der Waals surface area (Å²) in [6, 6.07) is 18.6. The molecule has 0 radical (unpaired) electrons. The van der Waals surface area contributed by atoms with Crippen LogP contribution in [0.2, 0.25) is 10.2 Å². The van der Waals surface area contributed by atoms with Crippen LogP contribution >= 0.6 is 23.2 Å². The van der Waals surface area contributed by atoms with Crippen molar-refractivity contribution in [2.75, 3.05) is 24.5 Å². The quantitative estimate of drug-likeness (QED) is 0.376.